The van der Waals surface area contributed by atoms with E-state index in [-0.39, 0.29) is 6.04 Å². The standard InChI is InChI=1S/C5H6N4/c1-3-5(7-3)4(2)8-9-6/h3H,2H2,1H3/t3-/m1/s1. The zero-order valence-electron chi connectivity index (χ0n) is 5.07. The molecule has 0 bridgehead atoms. The van der Waals surface area contributed by atoms with Gasteiger partial charge < -0.3 is 0 Å². The van der Waals surface area contributed by atoms with E-state index in [9.17, 15) is 0 Å². The van der Waals surface area contributed by atoms with E-state index in [2.05, 4.69) is 21.6 Å². The van der Waals surface area contributed by atoms with Crippen LogP contribution in [0.3, 0.4) is 0 Å². The predicted octanol–water partition coefficient (Wildman–Crippen LogP) is 1.65. The molecule has 9 heavy (non-hydrogen) atoms. The number of azide groups is 1. The first-order chi connectivity index (χ1) is 4.25. The molecule has 0 radical (unpaired) electrons. The highest BCUT2D eigenvalue weighted by Gasteiger charge is 2.23. The third-order valence-corrected chi connectivity index (χ3v) is 1.12. The first kappa shape index (κ1) is 5.85. The number of rotatable bonds is 2. The van der Waals surface area contributed by atoms with Gasteiger partial charge in [-0.05, 0) is 12.5 Å². The number of nitrogens with zero attached hydrogens (tertiary/aromatic N) is 4. The SMILES string of the molecule is C=C(N=[N+]=[N-])C1=N[C@@H]1C. The second kappa shape index (κ2) is 1.91. The molecule has 0 aromatic carbocycles. The van der Waals surface area contributed by atoms with Gasteiger partial charge >= 0.3 is 0 Å². The lowest BCUT2D eigenvalue weighted by Gasteiger charge is -1.81. The van der Waals surface area contributed by atoms with Gasteiger partial charge in [0.05, 0.1) is 17.5 Å². The Morgan fingerprint density at radius 1 is 2.00 bits per heavy atom. The van der Waals surface area contributed by atoms with Gasteiger partial charge in [0.15, 0.2) is 0 Å². The van der Waals surface area contributed by atoms with Crippen molar-refractivity contribution >= 4 is 5.71 Å². The Morgan fingerprint density at radius 3 is 2.89 bits per heavy atom. The molecule has 46 valence electrons. The molecule has 0 aromatic rings. The Kier molecular flexibility index (Phi) is 1.24. The fraction of sp³-hybridized carbons (Fsp3) is 0.400. The summed E-state index contributed by atoms with van der Waals surface area (Å²) in [7, 11) is 0. The lowest BCUT2D eigenvalue weighted by atomic mass is 10.3. The zero-order chi connectivity index (χ0) is 6.85. The summed E-state index contributed by atoms with van der Waals surface area (Å²) in [6.07, 6.45) is 0. The molecular weight excluding hydrogens is 116 g/mol. The van der Waals surface area contributed by atoms with E-state index in [1.54, 1.807) is 0 Å². The van der Waals surface area contributed by atoms with Crippen molar-refractivity contribution in [2.24, 2.45) is 10.1 Å². The van der Waals surface area contributed by atoms with E-state index in [1.807, 2.05) is 6.92 Å². The van der Waals surface area contributed by atoms with Crippen molar-refractivity contribution in [2.75, 3.05) is 0 Å². The third-order valence-electron chi connectivity index (χ3n) is 1.12. The molecule has 0 amide bonds. The lowest BCUT2D eigenvalue weighted by Crippen LogP contribution is -1.90. The Balaban J connectivity index is 2.56. The summed E-state index contributed by atoms with van der Waals surface area (Å²) in [6.45, 7) is 5.43. The number of hydrogen-bond donors (Lipinski definition) is 0. The van der Waals surface area contributed by atoms with Gasteiger partial charge in [-0.25, -0.2) is 0 Å². The van der Waals surface area contributed by atoms with Crippen molar-refractivity contribution in [3.05, 3.63) is 22.7 Å². The minimum Gasteiger partial charge on any atom is -0.278 e. The topological polar surface area (TPSA) is 61.1 Å². The minimum atomic E-state index is 0.225. The van der Waals surface area contributed by atoms with E-state index < -0.39 is 0 Å². The van der Waals surface area contributed by atoms with Crippen LogP contribution in [0.25, 0.3) is 10.4 Å². The summed E-state index contributed by atoms with van der Waals surface area (Å²) < 4.78 is 0. The Bertz CT molecular complexity index is 221. The highest BCUT2D eigenvalue weighted by Crippen LogP contribution is 2.17. The highest BCUT2D eigenvalue weighted by atomic mass is 15.2. The van der Waals surface area contributed by atoms with Gasteiger partial charge in [0.25, 0.3) is 0 Å². The monoisotopic (exact) mass is 122 g/mol. The summed E-state index contributed by atoms with van der Waals surface area (Å²) in [6, 6.07) is 0.225. The quantitative estimate of drug-likeness (QED) is 0.304. The fourth-order valence-corrected chi connectivity index (χ4v) is 0.592. The van der Waals surface area contributed by atoms with Crippen LogP contribution in [0, 0.1) is 0 Å². The summed E-state index contributed by atoms with van der Waals surface area (Å²) in [5, 5.41) is 3.29. The van der Waals surface area contributed by atoms with Gasteiger partial charge in [-0.2, -0.15) is 0 Å². The molecule has 1 rings (SSSR count). The minimum absolute atomic E-state index is 0.225. The normalized spacial score (nSPS) is 21.9. The van der Waals surface area contributed by atoms with Crippen LogP contribution in [0.4, 0.5) is 0 Å². The molecule has 0 fully saturated rings. The van der Waals surface area contributed by atoms with E-state index >= 15 is 0 Å². The van der Waals surface area contributed by atoms with Crippen LogP contribution in [-0.2, 0) is 0 Å². The van der Waals surface area contributed by atoms with Crippen LogP contribution in [-0.4, -0.2) is 11.8 Å². The molecule has 4 heteroatoms. The van der Waals surface area contributed by atoms with Crippen LogP contribution >= 0.6 is 0 Å². The molecule has 1 aliphatic rings. The van der Waals surface area contributed by atoms with Gasteiger partial charge in [0.1, 0.15) is 0 Å². The molecule has 1 aliphatic heterocycles. The summed E-state index contributed by atoms with van der Waals surface area (Å²) in [5.74, 6) is 0. The number of aliphatic imine (C=N–C) groups is 1. The van der Waals surface area contributed by atoms with Crippen LogP contribution < -0.4 is 0 Å². The van der Waals surface area contributed by atoms with E-state index in [1.165, 1.54) is 0 Å². The average molecular weight is 122 g/mol. The molecule has 0 saturated carbocycles. The molecule has 4 nitrogen and oxygen atoms in total. The molecular formula is C5H6N4. The zero-order valence-corrected chi connectivity index (χ0v) is 5.07. The molecule has 0 N–H and O–H groups in total. The number of hydrogen-bond acceptors (Lipinski definition) is 2. The molecule has 1 heterocycles. The van der Waals surface area contributed by atoms with Gasteiger partial charge in [0, 0.05) is 4.91 Å². The van der Waals surface area contributed by atoms with Crippen molar-refractivity contribution in [3.63, 3.8) is 0 Å². The Morgan fingerprint density at radius 2 is 2.56 bits per heavy atom. The molecule has 1 atom stereocenters. The summed E-state index contributed by atoms with van der Waals surface area (Å²) in [5.41, 5.74) is 9.22. The van der Waals surface area contributed by atoms with Crippen LogP contribution in [0.15, 0.2) is 22.4 Å². The van der Waals surface area contributed by atoms with Crippen molar-refractivity contribution in [3.8, 4) is 0 Å². The maximum atomic E-state index is 7.94. The second-order valence-electron chi connectivity index (χ2n) is 1.83. The highest BCUT2D eigenvalue weighted by molar-refractivity contribution is 6.12. The Hall–Kier alpha value is -1.28. The molecule has 0 unspecified atom stereocenters. The van der Waals surface area contributed by atoms with Crippen molar-refractivity contribution < 1.29 is 0 Å². The average Bonchev–Trinajstić information content (AvgIpc) is 2.47. The molecule has 0 aromatic heterocycles. The smallest absolute Gasteiger partial charge is 0.0896 e. The summed E-state index contributed by atoms with van der Waals surface area (Å²) >= 11 is 0. The van der Waals surface area contributed by atoms with E-state index in [4.69, 9.17) is 5.53 Å². The fourth-order valence-electron chi connectivity index (χ4n) is 0.592. The van der Waals surface area contributed by atoms with Crippen LogP contribution in [0.1, 0.15) is 6.92 Å². The lowest BCUT2D eigenvalue weighted by molar-refractivity contribution is 1.14. The largest absolute Gasteiger partial charge is 0.278 e. The van der Waals surface area contributed by atoms with Crippen molar-refractivity contribution in [1.29, 1.82) is 0 Å². The van der Waals surface area contributed by atoms with Crippen LogP contribution in [0.2, 0.25) is 0 Å². The first-order valence-electron chi connectivity index (χ1n) is 2.57. The third kappa shape index (κ3) is 1.09. The molecule has 0 spiro atoms. The van der Waals surface area contributed by atoms with Crippen LogP contribution in [0.5, 0.6) is 0 Å². The first-order valence-corrected chi connectivity index (χ1v) is 2.57. The second-order valence-corrected chi connectivity index (χ2v) is 1.83. The van der Waals surface area contributed by atoms with E-state index in [0.717, 1.165) is 5.71 Å². The van der Waals surface area contributed by atoms with Crippen molar-refractivity contribution in [2.45, 2.75) is 13.0 Å². The van der Waals surface area contributed by atoms with Crippen molar-refractivity contribution in [1.82, 2.24) is 0 Å². The van der Waals surface area contributed by atoms with E-state index in [0.29, 0.717) is 5.70 Å². The van der Waals surface area contributed by atoms with Gasteiger partial charge in [-0.15, -0.1) is 0 Å². The summed E-state index contributed by atoms with van der Waals surface area (Å²) in [4.78, 5) is 6.50. The van der Waals surface area contributed by atoms with Gasteiger partial charge in [-0.1, -0.05) is 11.7 Å². The molecule has 0 saturated heterocycles. The van der Waals surface area contributed by atoms with Gasteiger partial charge in [0.2, 0.25) is 0 Å². The maximum absolute atomic E-state index is 7.94. The maximum Gasteiger partial charge on any atom is 0.0896 e. The molecule has 0 aliphatic carbocycles. The predicted molar refractivity (Wildman–Crippen MR) is 35.2 cm³/mol. The van der Waals surface area contributed by atoms with Gasteiger partial charge in [-0.3, -0.25) is 4.99 Å². The Labute approximate surface area is 52.5 Å².